The highest BCUT2D eigenvalue weighted by molar-refractivity contribution is 5.70. The third-order valence-electron chi connectivity index (χ3n) is 0.156. The second kappa shape index (κ2) is 4.87. The van der Waals surface area contributed by atoms with Crippen LogP contribution < -0.4 is 11.2 Å². The van der Waals surface area contributed by atoms with Crippen LogP contribution in [0.5, 0.6) is 0 Å². The Hall–Kier alpha value is -1.13. The van der Waals surface area contributed by atoms with E-state index < -0.39 is 6.03 Å². The van der Waals surface area contributed by atoms with Gasteiger partial charge >= 0.3 is 6.03 Å². The summed E-state index contributed by atoms with van der Waals surface area (Å²) < 4.78 is 0. The van der Waals surface area contributed by atoms with Gasteiger partial charge in [0.15, 0.2) is 0 Å². The molecule has 0 saturated carbocycles. The normalized spacial score (nSPS) is 5.71. The monoisotopic (exact) mass is 105 g/mol. The molecule has 0 aromatic heterocycles. The third-order valence-corrected chi connectivity index (χ3v) is 0.156. The van der Waals surface area contributed by atoms with Crippen LogP contribution in [0.15, 0.2) is 5.29 Å². The summed E-state index contributed by atoms with van der Waals surface area (Å²) in [4.78, 5) is 18.4. The summed E-state index contributed by atoms with van der Waals surface area (Å²) >= 11 is 0. The molecule has 0 aliphatic rings. The molecule has 42 valence electrons. The molecule has 0 fully saturated rings. The van der Waals surface area contributed by atoms with E-state index in [2.05, 4.69) is 5.73 Å². The van der Waals surface area contributed by atoms with Gasteiger partial charge < -0.3 is 5.73 Å². The van der Waals surface area contributed by atoms with Crippen molar-refractivity contribution in [2.75, 3.05) is 0 Å². The first-order valence-corrected chi connectivity index (χ1v) is 1.15. The van der Waals surface area contributed by atoms with E-state index in [-0.39, 0.29) is 7.43 Å². The molecule has 0 unspecified atom stereocenters. The Morgan fingerprint density at radius 3 is 2.14 bits per heavy atom. The number of hydrogen-bond acceptors (Lipinski definition) is 3. The summed E-state index contributed by atoms with van der Waals surface area (Å²) in [6, 6.07) is -0.940. The van der Waals surface area contributed by atoms with Crippen LogP contribution in [-0.2, 0) is 0 Å². The number of amides is 2. The SMILES string of the molecule is C.NC(=O)NN=O. The number of nitroso groups, excluding NO2 is 1. The number of carbonyl (C=O) groups excluding carboxylic acids is 1. The molecule has 0 bridgehead atoms. The van der Waals surface area contributed by atoms with Gasteiger partial charge in [0.2, 0.25) is 0 Å². The van der Waals surface area contributed by atoms with E-state index in [0.717, 1.165) is 0 Å². The fraction of sp³-hybridized carbons (Fsp3) is 0.500. The number of hydrogen-bond donors (Lipinski definition) is 2. The molecular formula is C2H7N3O2. The Labute approximate surface area is 40.8 Å². The topological polar surface area (TPSA) is 84.6 Å². The zero-order valence-corrected chi connectivity index (χ0v) is 2.84. The van der Waals surface area contributed by atoms with Crippen molar-refractivity contribution in [2.24, 2.45) is 11.0 Å². The first-order chi connectivity index (χ1) is 2.77. The van der Waals surface area contributed by atoms with Gasteiger partial charge in [-0.3, -0.25) is 0 Å². The molecular weight excluding hydrogens is 98.0 g/mol. The van der Waals surface area contributed by atoms with Gasteiger partial charge in [-0.1, -0.05) is 7.43 Å². The van der Waals surface area contributed by atoms with Crippen LogP contribution >= 0.6 is 0 Å². The minimum Gasteiger partial charge on any atom is -0.350 e. The molecule has 0 saturated heterocycles. The molecule has 7 heavy (non-hydrogen) atoms. The van der Waals surface area contributed by atoms with Crippen molar-refractivity contribution in [1.29, 1.82) is 0 Å². The number of urea groups is 1. The first-order valence-electron chi connectivity index (χ1n) is 1.15. The smallest absolute Gasteiger partial charge is 0.335 e. The fourth-order valence-electron chi connectivity index (χ4n) is 0.0450. The van der Waals surface area contributed by atoms with E-state index in [1.807, 2.05) is 5.29 Å². The predicted molar refractivity (Wildman–Crippen MR) is 25.2 cm³/mol. The van der Waals surface area contributed by atoms with E-state index >= 15 is 0 Å². The second-order valence-corrected chi connectivity index (χ2v) is 0.567. The Bertz CT molecular complexity index is 71.3. The third kappa shape index (κ3) is 11.5. The van der Waals surface area contributed by atoms with Gasteiger partial charge in [-0.15, -0.1) is 4.91 Å². The summed E-state index contributed by atoms with van der Waals surface area (Å²) in [5.74, 6) is 0. The fourth-order valence-corrected chi connectivity index (χ4v) is 0.0450. The summed E-state index contributed by atoms with van der Waals surface area (Å²) in [6.45, 7) is 0. The molecule has 0 aromatic rings. The van der Waals surface area contributed by atoms with Gasteiger partial charge in [0, 0.05) is 0 Å². The quantitative estimate of drug-likeness (QED) is 0.362. The summed E-state index contributed by atoms with van der Waals surface area (Å²) in [5.41, 5.74) is 5.78. The average Bonchev–Trinajstić information content (AvgIpc) is 1.35. The number of rotatable bonds is 1. The first kappa shape index (κ1) is 9.30. The van der Waals surface area contributed by atoms with Crippen molar-refractivity contribution >= 4 is 6.03 Å². The minimum absolute atomic E-state index is 0. The van der Waals surface area contributed by atoms with E-state index in [4.69, 9.17) is 4.91 Å². The highest BCUT2D eigenvalue weighted by atomic mass is 16.3. The van der Waals surface area contributed by atoms with Gasteiger partial charge in [-0.05, 0) is 0 Å². The van der Waals surface area contributed by atoms with Gasteiger partial charge in [0.25, 0.3) is 0 Å². The number of nitrogens with two attached hydrogens (primary N) is 1. The molecule has 0 aromatic carbocycles. The van der Waals surface area contributed by atoms with Gasteiger partial charge in [0.1, 0.15) is 0 Å². The van der Waals surface area contributed by atoms with Gasteiger partial charge in [-0.2, -0.15) is 5.43 Å². The minimum atomic E-state index is -0.940. The van der Waals surface area contributed by atoms with E-state index in [1.54, 1.807) is 0 Å². The second-order valence-electron chi connectivity index (χ2n) is 0.567. The molecule has 2 amide bonds. The van der Waals surface area contributed by atoms with Crippen molar-refractivity contribution < 1.29 is 4.79 Å². The molecule has 0 rings (SSSR count). The Morgan fingerprint density at radius 2 is 2.14 bits per heavy atom. The van der Waals surface area contributed by atoms with Crippen LogP contribution in [0.3, 0.4) is 0 Å². The maximum Gasteiger partial charge on any atom is 0.335 e. The Morgan fingerprint density at radius 1 is 1.71 bits per heavy atom. The van der Waals surface area contributed by atoms with E-state index in [9.17, 15) is 4.79 Å². The Balaban J connectivity index is 0. The van der Waals surface area contributed by atoms with Crippen LogP contribution in [0.4, 0.5) is 4.79 Å². The van der Waals surface area contributed by atoms with Gasteiger partial charge in [-0.25, -0.2) is 4.79 Å². The molecule has 0 aliphatic heterocycles. The molecule has 0 heterocycles. The van der Waals surface area contributed by atoms with Crippen molar-refractivity contribution in [1.82, 2.24) is 5.43 Å². The van der Waals surface area contributed by atoms with Crippen molar-refractivity contribution in [3.8, 4) is 0 Å². The van der Waals surface area contributed by atoms with Crippen LogP contribution in [0, 0.1) is 4.91 Å². The summed E-state index contributed by atoms with van der Waals surface area (Å²) in [7, 11) is 0. The largest absolute Gasteiger partial charge is 0.350 e. The lowest BCUT2D eigenvalue weighted by Crippen LogP contribution is -2.23. The van der Waals surface area contributed by atoms with E-state index in [1.165, 1.54) is 5.43 Å². The zero-order chi connectivity index (χ0) is 4.99. The predicted octanol–water partition coefficient (Wildman–Crippen LogP) is -0.0278. The standard InChI is InChI=1S/CH3N3O2.CH4/c2-1(5)3-4-6;/h(H3,2,3,5,6);1H4. The van der Waals surface area contributed by atoms with Crippen molar-refractivity contribution in [3.63, 3.8) is 0 Å². The van der Waals surface area contributed by atoms with Crippen LogP contribution in [0.1, 0.15) is 7.43 Å². The maximum atomic E-state index is 9.42. The van der Waals surface area contributed by atoms with E-state index in [0.29, 0.717) is 0 Å². The molecule has 0 spiro atoms. The molecule has 0 radical (unpaired) electrons. The lowest BCUT2D eigenvalue weighted by Gasteiger charge is -1.77. The molecule has 3 N–H and O–H groups in total. The van der Waals surface area contributed by atoms with Crippen LogP contribution in [0.2, 0.25) is 0 Å². The number of primary amides is 1. The average molecular weight is 105 g/mol. The van der Waals surface area contributed by atoms with Crippen LogP contribution in [0.25, 0.3) is 0 Å². The molecule has 5 heteroatoms. The van der Waals surface area contributed by atoms with Crippen LogP contribution in [-0.4, -0.2) is 6.03 Å². The lowest BCUT2D eigenvalue weighted by molar-refractivity contribution is 0.249. The lowest BCUT2D eigenvalue weighted by atomic mass is 11.2. The molecule has 0 aliphatic carbocycles. The highest BCUT2D eigenvalue weighted by Crippen LogP contribution is 1.49. The summed E-state index contributed by atoms with van der Waals surface area (Å²) in [5, 5.41) is 1.96. The van der Waals surface area contributed by atoms with Crippen molar-refractivity contribution in [3.05, 3.63) is 4.91 Å². The van der Waals surface area contributed by atoms with Gasteiger partial charge in [0.05, 0.1) is 5.29 Å². The number of nitrogens with one attached hydrogen (secondary N) is 1. The Kier molecular flexibility index (Phi) is 6.47. The molecule has 5 nitrogen and oxygen atoms in total. The number of carbonyl (C=O) groups is 1. The molecule has 0 atom stereocenters. The number of nitrogens with zero attached hydrogens (tertiary/aromatic N) is 1. The van der Waals surface area contributed by atoms with Crippen molar-refractivity contribution in [2.45, 2.75) is 7.43 Å². The maximum absolute atomic E-state index is 9.42. The highest BCUT2D eigenvalue weighted by Gasteiger charge is 1.80. The zero-order valence-electron chi connectivity index (χ0n) is 2.84. The summed E-state index contributed by atoms with van der Waals surface area (Å²) in [6.07, 6.45) is 0.